The molecule has 0 atom stereocenters. The number of rotatable bonds is 5. The summed E-state index contributed by atoms with van der Waals surface area (Å²) in [6.07, 6.45) is -0.305. The second-order valence-electron chi connectivity index (χ2n) is 3.66. The van der Waals surface area contributed by atoms with Gasteiger partial charge in [0.1, 0.15) is 4.83 Å². The molecule has 7 heteroatoms. The summed E-state index contributed by atoms with van der Waals surface area (Å²) in [7, 11) is 3.16. The van der Waals surface area contributed by atoms with Crippen LogP contribution in [0.4, 0.5) is 0 Å². The van der Waals surface area contributed by atoms with Gasteiger partial charge >= 0.3 is 0 Å². The summed E-state index contributed by atoms with van der Waals surface area (Å²) in [6, 6.07) is 1.85. The molecule has 1 N–H and O–H groups in total. The molecule has 0 unspecified atom stereocenters. The highest BCUT2D eigenvalue weighted by atomic mass is 32.2. The van der Waals surface area contributed by atoms with Gasteiger partial charge in [-0.25, -0.2) is 4.98 Å². The quantitative estimate of drug-likeness (QED) is 0.517. The standard InChI is InChI=1S/C11H14N2O3S2/c1-6-4-7-9(14)12-11(13-10(7)18-6)17-5-8(15-2)16-3/h4,8H,5H2,1-3H3,(H,12,13,14). The van der Waals surface area contributed by atoms with Crippen molar-refractivity contribution in [3.8, 4) is 0 Å². The molecule has 0 saturated carbocycles. The molecule has 0 amide bonds. The van der Waals surface area contributed by atoms with Gasteiger partial charge in [0.05, 0.1) is 11.1 Å². The van der Waals surface area contributed by atoms with Gasteiger partial charge in [-0.05, 0) is 13.0 Å². The van der Waals surface area contributed by atoms with E-state index in [1.54, 1.807) is 14.2 Å². The third-order valence-corrected chi connectivity index (χ3v) is 4.24. The Balaban J connectivity index is 2.21. The molecule has 2 aromatic heterocycles. The molecule has 2 aromatic rings. The number of fused-ring (bicyclic) bond motifs is 1. The number of ether oxygens (including phenoxy) is 2. The van der Waals surface area contributed by atoms with E-state index < -0.39 is 0 Å². The van der Waals surface area contributed by atoms with E-state index >= 15 is 0 Å². The fraction of sp³-hybridized carbons (Fsp3) is 0.455. The lowest BCUT2D eigenvalue weighted by molar-refractivity contribution is -0.0842. The fourth-order valence-corrected chi connectivity index (χ4v) is 3.30. The van der Waals surface area contributed by atoms with E-state index in [0.29, 0.717) is 16.3 Å². The van der Waals surface area contributed by atoms with E-state index in [4.69, 9.17) is 9.47 Å². The Morgan fingerprint density at radius 1 is 1.50 bits per heavy atom. The van der Waals surface area contributed by atoms with Crippen molar-refractivity contribution in [2.45, 2.75) is 18.4 Å². The van der Waals surface area contributed by atoms with Gasteiger partial charge in [-0.2, -0.15) is 0 Å². The first-order chi connectivity index (χ1) is 8.63. The van der Waals surface area contributed by atoms with E-state index in [9.17, 15) is 4.79 Å². The molecule has 0 spiro atoms. The monoisotopic (exact) mass is 286 g/mol. The van der Waals surface area contributed by atoms with Crippen molar-refractivity contribution in [1.29, 1.82) is 0 Å². The van der Waals surface area contributed by atoms with Crippen LogP contribution < -0.4 is 5.56 Å². The van der Waals surface area contributed by atoms with Gasteiger partial charge in [0.25, 0.3) is 5.56 Å². The van der Waals surface area contributed by atoms with Gasteiger partial charge in [-0.1, -0.05) is 11.8 Å². The molecule has 0 bridgehead atoms. The van der Waals surface area contributed by atoms with Crippen molar-refractivity contribution in [2.75, 3.05) is 20.0 Å². The van der Waals surface area contributed by atoms with Crippen LogP contribution in [0.15, 0.2) is 16.0 Å². The van der Waals surface area contributed by atoms with Gasteiger partial charge < -0.3 is 14.5 Å². The van der Waals surface area contributed by atoms with E-state index in [1.807, 2.05) is 13.0 Å². The minimum Gasteiger partial charge on any atom is -0.355 e. The molecule has 2 rings (SSSR count). The van der Waals surface area contributed by atoms with Gasteiger partial charge in [-0.3, -0.25) is 4.79 Å². The van der Waals surface area contributed by atoms with E-state index in [-0.39, 0.29) is 11.8 Å². The van der Waals surface area contributed by atoms with E-state index in [2.05, 4.69) is 9.97 Å². The lowest BCUT2D eigenvalue weighted by Gasteiger charge is -2.11. The van der Waals surface area contributed by atoms with Crippen LogP contribution >= 0.6 is 23.1 Å². The van der Waals surface area contributed by atoms with Crippen LogP contribution in [0.3, 0.4) is 0 Å². The molecule has 98 valence electrons. The molecule has 0 aliphatic rings. The lowest BCUT2D eigenvalue weighted by atomic mass is 10.4. The van der Waals surface area contributed by atoms with Gasteiger partial charge in [-0.15, -0.1) is 11.3 Å². The molecular formula is C11H14N2O3S2. The first-order valence-electron chi connectivity index (χ1n) is 5.33. The van der Waals surface area contributed by atoms with Crippen molar-refractivity contribution in [3.05, 3.63) is 21.3 Å². The summed E-state index contributed by atoms with van der Waals surface area (Å²) in [5, 5.41) is 1.24. The normalized spacial score (nSPS) is 11.6. The third kappa shape index (κ3) is 2.92. The van der Waals surface area contributed by atoms with Gasteiger partial charge in [0.2, 0.25) is 0 Å². The molecule has 0 aromatic carbocycles. The molecule has 18 heavy (non-hydrogen) atoms. The predicted molar refractivity (Wildman–Crippen MR) is 73.5 cm³/mol. The Morgan fingerprint density at radius 2 is 2.22 bits per heavy atom. The van der Waals surface area contributed by atoms with Crippen LogP contribution in [0.25, 0.3) is 10.2 Å². The first kappa shape index (κ1) is 13.5. The molecule has 0 fully saturated rings. The topological polar surface area (TPSA) is 64.2 Å². The SMILES string of the molecule is COC(CSc1nc2sc(C)cc2c(=O)[nH]1)OC. The number of H-pyrrole nitrogens is 1. The van der Waals surface area contributed by atoms with E-state index in [1.165, 1.54) is 23.1 Å². The molecule has 0 radical (unpaired) electrons. The van der Waals surface area contributed by atoms with Crippen LogP contribution in [-0.2, 0) is 9.47 Å². The number of aromatic amines is 1. The van der Waals surface area contributed by atoms with Crippen LogP contribution in [0, 0.1) is 6.92 Å². The maximum Gasteiger partial charge on any atom is 0.260 e. The Labute approximate surface area is 113 Å². The summed E-state index contributed by atoms with van der Waals surface area (Å²) in [5.74, 6) is 0.575. The number of nitrogens with one attached hydrogen (secondary N) is 1. The zero-order valence-electron chi connectivity index (χ0n) is 10.4. The molecule has 2 heterocycles. The zero-order valence-corrected chi connectivity index (χ0v) is 12.0. The average molecular weight is 286 g/mol. The highest BCUT2D eigenvalue weighted by molar-refractivity contribution is 7.99. The second-order valence-corrected chi connectivity index (χ2v) is 5.90. The smallest absolute Gasteiger partial charge is 0.260 e. The third-order valence-electron chi connectivity index (χ3n) is 2.39. The van der Waals surface area contributed by atoms with Gasteiger partial charge in [0.15, 0.2) is 11.4 Å². The number of methoxy groups -OCH3 is 2. The van der Waals surface area contributed by atoms with Crippen LogP contribution in [0.2, 0.25) is 0 Å². The molecular weight excluding hydrogens is 272 g/mol. The Morgan fingerprint density at radius 3 is 2.89 bits per heavy atom. The van der Waals surface area contributed by atoms with Crippen molar-refractivity contribution >= 4 is 33.3 Å². The van der Waals surface area contributed by atoms with E-state index in [0.717, 1.165) is 9.71 Å². The lowest BCUT2D eigenvalue weighted by Crippen LogP contribution is -2.16. The fourth-order valence-electron chi connectivity index (χ4n) is 1.48. The maximum absolute atomic E-state index is 11.8. The Kier molecular flexibility index (Phi) is 4.39. The summed E-state index contributed by atoms with van der Waals surface area (Å²) < 4.78 is 10.2. The summed E-state index contributed by atoms with van der Waals surface area (Å²) in [4.78, 5) is 20.9. The Bertz CT molecular complexity index is 589. The minimum atomic E-state index is -0.305. The van der Waals surface area contributed by atoms with Crippen LogP contribution in [0.5, 0.6) is 0 Å². The van der Waals surface area contributed by atoms with Crippen molar-refractivity contribution in [1.82, 2.24) is 9.97 Å². The minimum absolute atomic E-state index is 0.0989. The van der Waals surface area contributed by atoms with Crippen LogP contribution in [-0.4, -0.2) is 36.2 Å². The number of thiophene rings is 1. The summed E-state index contributed by atoms with van der Waals surface area (Å²) >= 11 is 2.93. The predicted octanol–water partition coefficient (Wildman–Crippen LogP) is 2.00. The highest BCUT2D eigenvalue weighted by Crippen LogP contribution is 2.22. The number of hydrogen-bond acceptors (Lipinski definition) is 6. The summed E-state index contributed by atoms with van der Waals surface area (Å²) in [6.45, 7) is 1.96. The van der Waals surface area contributed by atoms with Gasteiger partial charge in [0, 0.05) is 19.1 Å². The molecule has 0 aliphatic heterocycles. The van der Waals surface area contributed by atoms with Crippen molar-refractivity contribution in [2.24, 2.45) is 0 Å². The maximum atomic E-state index is 11.8. The van der Waals surface area contributed by atoms with Crippen molar-refractivity contribution in [3.63, 3.8) is 0 Å². The number of aromatic nitrogens is 2. The number of nitrogens with zero attached hydrogens (tertiary/aromatic N) is 1. The van der Waals surface area contributed by atoms with Crippen molar-refractivity contribution < 1.29 is 9.47 Å². The largest absolute Gasteiger partial charge is 0.355 e. The van der Waals surface area contributed by atoms with Crippen LogP contribution in [0.1, 0.15) is 4.88 Å². The first-order valence-corrected chi connectivity index (χ1v) is 7.13. The number of aryl methyl sites for hydroxylation is 1. The Hall–Kier alpha value is -0.890. The zero-order chi connectivity index (χ0) is 13.1. The molecule has 0 aliphatic carbocycles. The summed E-state index contributed by atoms with van der Waals surface area (Å²) in [5.41, 5.74) is -0.0989. The number of thioether (sulfide) groups is 1. The molecule has 5 nitrogen and oxygen atoms in total. The second kappa shape index (κ2) is 5.83. The molecule has 0 saturated heterocycles. The number of hydrogen-bond donors (Lipinski definition) is 1. The average Bonchev–Trinajstić information content (AvgIpc) is 2.72. The highest BCUT2D eigenvalue weighted by Gasteiger charge is 2.10.